The minimum absolute atomic E-state index is 0.00438. The third-order valence-corrected chi connectivity index (χ3v) is 6.52. The van der Waals surface area contributed by atoms with Crippen molar-refractivity contribution in [2.24, 2.45) is 0 Å². The van der Waals surface area contributed by atoms with E-state index in [0.29, 0.717) is 12.4 Å². The van der Waals surface area contributed by atoms with Crippen molar-refractivity contribution >= 4 is 27.9 Å². The van der Waals surface area contributed by atoms with Crippen LogP contribution in [0.25, 0.3) is 22.1 Å². The van der Waals surface area contributed by atoms with Crippen molar-refractivity contribution < 1.29 is 15.3 Å². The second kappa shape index (κ2) is 9.14. The molecule has 0 atom stereocenters. The van der Waals surface area contributed by atoms with Crippen LogP contribution in [-0.4, -0.2) is 40.2 Å². The summed E-state index contributed by atoms with van der Waals surface area (Å²) in [6.07, 6.45) is 9.44. The number of aromatic nitrogens is 5. The SMILES string of the molecule is OC(O)(O)c1ccc(CNc2ccc(C(c3c[nH]c4ncccc34)c3c[nH]c4ncccc34)cn2)cc1. The Hall–Kier alpha value is -4.57. The molecule has 9 heteroatoms. The lowest BCUT2D eigenvalue weighted by Crippen LogP contribution is -2.23. The number of aliphatic hydroxyl groups is 3. The monoisotopic (exact) mass is 492 g/mol. The Morgan fingerprint density at radius 2 is 1.38 bits per heavy atom. The third-order valence-electron chi connectivity index (χ3n) is 6.52. The van der Waals surface area contributed by atoms with E-state index in [2.05, 4.69) is 48.4 Å². The zero-order chi connectivity index (χ0) is 25.4. The van der Waals surface area contributed by atoms with Crippen LogP contribution in [-0.2, 0) is 12.5 Å². The smallest absolute Gasteiger partial charge is 0.304 e. The van der Waals surface area contributed by atoms with E-state index in [4.69, 9.17) is 0 Å². The van der Waals surface area contributed by atoms with Gasteiger partial charge in [0.05, 0.1) is 0 Å². The Morgan fingerprint density at radius 1 is 0.757 bits per heavy atom. The van der Waals surface area contributed by atoms with Crippen LogP contribution in [0.4, 0.5) is 5.82 Å². The molecule has 0 amide bonds. The summed E-state index contributed by atoms with van der Waals surface area (Å²) in [4.78, 5) is 20.2. The summed E-state index contributed by atoms with van der Waals surface area (Å²) in [7, 11) is 0. The fourth-order valence-corrected chi connectivity index (χ4v) is 4.68. The van der Waals surface area contributed by atoms with Crippen LogP contribution >= 0.6 is 0 Å². The molecule has 0 spiro atoms. The van der Waals surface area contributed by atoms with Crippen LogP contribution < -0.4 is 5.32 Å². The molecule has 0 aliphatic heterocycles. The summed E-state index contributed by atoms with van der Waals surface area (Å²) >= 11 is 0. The molecular weight excluding hydrogens is 468 g/mol. The van der Waals surface area contributed by atoms with Crippen LogP contribution in [0.2, 0.25) is 0 Å². The van der Waals surface area contributed by atoms with Gasteiger partial charge in [-0.3, -0.25) is 0 Å². The minimum atomic E-state index is -2.85. The molecule has 0 fully saturated rings. The highest BCUT2D eigenvalue weighted by molar-refractivity contribution is 5.86. The molecule has 0 aliphatic carbocycles. The van der Waals surface area contributed by atoms with Gasteiger partial charge in [-0.1, -0.05) is 30.3 Å². The molecule has 6 aromatic rings. The average molecular weight is 493 g/mol. The molecule has 37 heavy (non-hydrogen) atoms. The molecule has 0 bridgehead atoms. The van der Waals surface area contributed by atoms with Gasteiger partial charge in [0.2, 0.25) is 0 Å². The molecule has 0 saturated heterocycles. The molecule has 5 aromatic heterocycles. The number of nitrogens with one attached hydrogen (secondary N) is 3. The fourth-order valence-electron chi connectivity index (χ4n) is 4.68. The number of anilines is 1. The lowest BCUT2D eigenvalue weighted by Gasteiger charge is -2.17. The number of pyridine rings is 3. The van der Waals surface area contributed by atoms with E-state index in [9.17, 15) is 15.3 Å². The number of aromatic amines is 2. The van der Waals surface area contributed by atoms with E-state index in [0.717, 1.165) is 44.3 Å². The molecular formula is C28H24N6O3. The quantitative estimate of drug-likeness (QED) is 0.187. The summed E-state index contributed by atoms with van der Waals surface area (Å²) in [6.45, 7) is 0.480. The van der Waals surface area contributed by atoms with Gasteiger partial charge < -0.3 is 30.6 Å². The molecule has 6 N–H and O–H groups in total. The summed E-state index contributed by atoms with van der Waals surface area (Å²) in [5, 5.41) is 33.2. The number of fused-ring (bicyclic) bond motifs is 2. The predicted octanol–water partition coefficient (Wildman–Crippen LogP) is 3.71. The maximum absolute atomic E-state index is 9.29. The minimum Gasteiger partial charge on any atom is -0.366 e. The summed E-state index contributed by atoms with van der Waals surface area (Å²) < 4.78 is 0. The van der Waals surface area contributed by atoms with Gasteiger partial charge in [-0.15, -0.1) is 0 Å². The van der Waals surface area contributed by atoms with Gasteiger partial charge in [0, 0.05) is 59.8 Å². The Labute approximate surface area is 211 Å². The first kappa shape index (κ1) is 22.9. The van der Waals surface area contributed by atoms with E-state index < -0.39 is 5.97 Å². The van der Waals surface area contributed by atoms with Gasteiger partial charge in [-0.25, -0.2) is 15.0 Å². The van der Waals surface area contributed by atoms with Gasteiger partial charge in [0.25, 0.3) is 0 Å². The first-order valence-corrected chi connectivity index (χ1v) is 11.8. The molecule has 6 rings (SSSR count). The Kier molecular flexibility index (Phi) is 5.65. The lowest BCUT2D eigenvalue weighted by molar-refractivity contribution is -0.323. The molecule has 0 aliphatic rings. The van der Waals surface area contributed by atoms with E-state index in [1.807, 2.05) is 36.8 Å². The van der Waals surface area contributed by atoms with Gasteiger partial charge in [-0.2, -0.15) is 0 Å². The molecule has 0 radical (unpaired) electrons. The Bertz CT molecular complexity index is 1590. The van der Waals surface area contributed by atoms with Crippen LogP contribution in [0.15, 0.2) is 91.6 Å². The topological polar surface area (TPSA) is 143 Å². The van der Waals surface area contributed by atoms with E-state index >= 15 is 0 Å². The first-order chi connectivity index (χ1) is 18.0. The second-order valence-corrected chi connectivity index (χ2v) is 8.88. The molecule has 1 aromatic carbocycles. The number of nitrogens with zero attached hydrogens (tertiary/aromatic N) is 3. The molecule has 184 valence electrons. The van der Waals surface area contributed by atoms with Crippen molar-refractivity contribution in [2.45, 2.75) is 18.4 Å². The summed E-state index contributed by atoms with van der Waals surface area (Å²) in [6, 6.07) is 18.4. The lowest BCUT2D eigenvalue weighted by atomic mass is 9.86. The van der Waals surface area contributed by atoms with Crippen LogP contribution in [0.3, 0.4) is 0 Å². The molecule has 9 nitrogen and oxygen atoms in total. The largest absolute Gasteiger partial charge is 0.366 e. The highest BCUT2D eigenvalue weighted by Crippen LogP contribution is 2.38. The second-order valence-electron chi connectivity index (χ2n) is 8.88. The van der Waals surface area contributed by atoms with Crippen LogP contribution in [0.1, 0.15) is 33.7 Å². The number of H-pyrrole nitrogens is 2. The Morgan fingerprint density at radius 3 is 1.92 bits per heavy atom. The Balaban J connectivity index is 1.31. The first-order valence-electron chi connectivity index (χ1n) is 11.8. The number of hydrogen-bond acceptors (Lipinski definition) is 7. The van der Waals surface area contributed by atoms with Gasteiger partial charge in [-0.05, 0) is 52.6 Å². The number of rotatable bonds is 7. The van der Waals surface area contributed by atoms with Crippen molar-refractivity contribution in [3.63, 3.8) is 0 Å². The van der Waals surface area contributed by atoms with Gasteiger partial charge >= 0.3 is 5.97 Å². The zero-order valence-electron chi connectivity index (χ0n) is 19.6. The third kappa shape index (κ3) is 4.43. The zero-order valence-corrected chi connectivity index (χ0v) is 19.6. The van der Waals surface area contributed by atoms with Crippen molar-refractivity contribution in [3.05, 3.63) is 119 Å². The predicted molar refractivity (Wildman–Crippen MR) is 139 cm³/mol. The van der Waals surface area contributed by atoms with E-state index in [1.54, 1.807) is 24.5 Å². The van der Waals surface area contributed by atoms with E-state index in [-0.39, 0.29) is 11.5 Å². The van der Waals surface area contributed by atoms with Crippen molar-refractivity contribution in [1.29, 1.82) is 0 Å². The van der Waals surface area contributed by atoms with Crippen molar-refractivity contribution in [1.82, 2.24) is 24.9 Å². The highest BCUT2D eigenvalue weighted by atomic mass is 16.7. The average Bonchev–Trinajstić information content (AvgIpc) is 3.53. The molecule has 0 saturated carbocycles. The molecule has 5 heterocycles. The van der Waals surface area contributed by atoms with Gasteiger partial charge in [0.15, 0.2) is 0 Å². The summed E-state index contributed by atoms with van der Waals surface area (Å²) in [5.41, 5.74) is 5.79. The van der Waals surface area contributed by atoms with Crippen molar-refractivity contribution in [3.8, 4) is 0 Å². The van der Waals surface area contributed by atoms with Crippen LogP contribution in [0.5, 0.6) is 0 Å². The number of benzene rings is 1. The maximum Gasteiger partial charge on any atom is 0.304 e. The fraction of sp³-hybridized carbons (Fsp3) is 0.107. The highest BCUT2D eigenvalue weighted by Gasteiger charge is 2.24. The maximum atomic E-state index is 9.29. The standard InChI is InChI=1S/C28H24N6O3/c35-28(36,37)19-8-5-17(6-9-19)13-31-24-10-7-18(14-32-24)25(22-15-33-26-20(22)3-1-11-29-26)23-16-34-27-21(23)4-2-12-30-27/h1-12,14-16,25,35-37H,13H2,(H,29,33)(H,30,34)(H,31,32). The van der Waals surface area contributed by atoms with Gasteiger partial charge in [0.1, 0.15) is 17.1 Å². The summed E-state index contributed by atoms with van der Waals surface area (Å²) in [5.74, 6) is -2.24. The molecule has 0 unspecified atom stereocenters. The van der Waals surface area contributed by atoms with Crippen molar-refractivity contribution in [2.75, 3.05) is 5.32 Å². The number of hydrogen-bond donors (Lipinski definition) is 6. The van der Waals surface area contributed by atoms with E-state index in [1.165, 1.54) is 12.1 Å². The van der Waals surface area contributed by atoms with Crippen LogP contribution in [0, 0.1) is 0 Å². The normalized spacial score (nSPS) is 12.0.